The second-order valence-electron chi connectivity index (χ2n) is 7.12. The molecule has 0 aromatic heterocycles. The molecule has 0 saturated heterocycles. The summed E-state index contributed by atoms with van der Waals surface area (Å²) < 4.78 is 6.44. The third-order valence-corrected chi connectivity index (χ3v) is 5.35. The number of hydrazine groups is 1. The Morgan fingerprint density at radius 2 is 1.48 bits per heavy atom. The van der Waals surface area contributed by atoms with Gasteiger partial charge in [-0.3, -0.25) is 25.2 Å². The molecule has 0 unspecified atom stereocenters. The Morgan fingerprint density at radius 3 is 2.12 bits per heavy atom. The number of nitrogens with one attached hydrogen (secondary N) is 3. The third-order valence-electron chi connectivity index (χ3n) is 4.73. The van der Waals surface area contributed by atoms with E-state index in [1.54, 1.807) is 49.4 Å². The maximum absolute atomic E-state index is 12.4. The Morgan fingerprint density at radius 1 is 0.848 bits per heavy atom. The number of carbonyl (C=O) groups is 3. The summed E-state index contributed by atoms with van der Waals surface area (Å²) in [6.07, 6.45) is 1.14. The first-order chi connectivity index (χ1) is 16.0. The molecule has 3 aromatic rings. The zero-order valence-electron chi connectivity index (χ0n) is 18.1. The summed E-state index contributed by atoms with van der Waals surface area (Å²) in [5.74, 6) is -0.427. The molecule has 3 aromatic carbocycles. The standard InChI is InChI=1S/C25H24BrN3O4/c1-2-23(30)27-20-11-8-18(9-12-20)24(31)28-29-25(32)19-10-13-22(21(26)16-19)33-15-14-17-6-4-3-5-7-17/h3-13,16H,2,14-15H2,1H3,(H,27,30)(H,28,31)(H,29,32). The van der Waals surface area contributed by atoms with Crippen molar-refractivity contribution in [2.75, 3.05) is 11.9 Å². The van der Waals surface area contributed by atoms with Crippen molar-refractivity contribution in [3.05, 3.63) is 94.0 Å². The summed E-state index contributed by atoms with van der Waals surface area (Å²) in [4.78, 5) is 36.1. The maximum Gasteiger partial charge on any atom is 0.269 e. The van der Waals surface area contributed by atoms with E-state index in [2.05, 4.69) is 32.1 Å². The second-order valence-corrected chi connectivity index (χ2v) is 7.97. The molecule has 0 bridgehead atoms. The van der Waals surface area contributed by atoms with Gasteiger partial charge in [0.25, 0.3) is 11.8 Å². The lowest BCUT2D eigenvalue weighted by atomic mass is 10.2. The highest BCUT2D eigenvalue weighted by Gasteiger charge is 2.12. The molecule has 3 rings (SSSR count). The highest BCUT2D eigenvalue weighted by atomic mass is 79.9. The summed E-state index contributed by atoms with van der Waals surface area (Å²) in [6, 6.07) is 21.3. The predicted octanol–water partition coefficient (Wildman–Crippen LogP) is 4.49. The van der Waals surface area contributed by atoms with Crippen LogP contribution in [0.3, 0.4) is 0 Å². The fraction of sp³-hybridized carbons (Fsp3) is 0.160. The number of rotatable bonds is 8. The van der Waals surface area contributed by atoms with Gasteiger partial charge in [-0.25, -0.2) is 0 Å². The van der Waals surface area contributed by atoms with Crippen molar-refractivity contribution in [1.82, 2.24) is 10.9 Å². The number of amides is 3. The summed E-state index contributed by atoms with van der Waals surface area (Å²) in [6.45, 7) is 2.26. The van der Waals surface area contributed by atoms with Crippen LogP contribution in [0.2, 0.25) is 0 Å². The highest BCUT2D eigenvalue weighted by Crippen LogP contribution is 2.26. The minimum atomic E-state index is -0.475. The van der Waals surface area contributed by atoms with Gasteiger partial charge in [-0.05, 0) is 64.0 Å². The molecule has 0 aliphatic heterocycles. The van der Waals surface area contributed by atoms with Gasteiger partial charge in [-0.15, -0.1) is 0 Å². The smallest absolute Gasteiger partial charge is 0.269 e. The van der Waals surface area contributed by atoms with Crippen LogP contribution < -0.4 is 20.9 Å². The first kappa shape index (κ1) is 24.0. The summed E-state index contributed by atoms with van der Waals surface area (Å²) >= 11 is 3.43. The predicted molar refractivity (Wildman–Crippen MR) is 130 cm³/mol. The molecule has 0 radical (unpaired) electrons. The molecule has 7 nitrogen and oxygen atoms in total. The van der Waals surface area contributed by atoms with Crippen molar-refractivity contribution >= 4 is 39.3 Å². The van der Waals surface area contributed by atoms with Gasteiger partial charge in [-0.2, -0.15) is 0 Å². The van der Waals surface area contributed by atoms with Crippen molar-refractivity contribution in [3.8, 4) is 5.75 Å². The van der Waals surface area contributed by atoms with Crippen LogP contribution in [0.15, 0.2) is 77.3 Å². The summed E-state index contributed by atoms with van der Waals surface area (Å²) in [5.41, 5.74) is 7.25. The van der Waals surface area contributed by atoms with Crippen molar-refractivity contribution in [3.63, 3.8) is 0 Å². The molecular formula is C25H24BrN3O4. The highest BCUT2D eigenvalue weighted by molar-refractivity contribution is 9.10. The van der Waals surface area contributed by atoms with Crippen molar-refractivity contribution in [1.29, 1.82) is 0 Å². The van der Waals surface area contributed by atoms with Gasteiger partial charge in [0.05, 0.1) is 11.1 Å². The van der Waals surface area contributed by atoms with Gasteiger partial charge in [0, 0.05) is 29.7 Å². The van der Waals surface area contributed by atoms with Gasteiger partial charge >= 0.3 is 0 Å². The second kappa shape index (κ2) is 11.8. The molecule has 0 heterocycles. The van der Waals surface area contributed by atoms with Crippen LogP contribution in [0, 0.1) is 0 Å². The van der Waals surface area contributed by atoms with Crippen LogP contribution >= 0.6 is 15.9 Å². The average Bonchev–Trinajstić information content (AvgIpc) is 2.84. The lowest BCUT2D eigenvalue weighted by Gasteiger charge is -2.11. The van der Waals surface area contributed by atoms with Gasteiger partial charge < -0.3 is 10.1 Å². The number of carbonyl (C=O) groups excluding carboxylic acids is 3. The molecule has 0 saturated carbocycles. The quantitative estimate of drug-likeness (QED) is 0.389. The monoisotopic (exact) mass is 509 g/mol. The van der Waals surface area contributed by atoms with E-state index in [0.29, 0.717) is 40.1 Å². The number of hydrogen-bond donors (Lipinski definition) is 3. The lowest BCUT2D eigenvalue weighted by molar-refractivity contribution is -0.115. The molecule has 8 heteroatoms. The maximum atomic E-state index is 12.4. The van der Waals surface area contributed by atoms with E-state index >= 15 is 0 Å². The zero-order chi connectivity index (χ0) is 23.6. The van der Waals surface area contributed by atoms with Gasteiger partial charge in [-0.1, -0.05) is 37.3 Å². The fourth-order valence-corrected chi connectivity index (χ4v) is 3.39. The van der Waals surface area contributed by atoms with Crippen molar-refractivity contribution < 1.29 is 19.1 Å². The van der Waals surface area contributed by atoms with Crippen LogP contribution in [-0.2, 0) is 11.2 Å². The Labute approximate surface area is 200 Å². The Kier molecular flexibility index (Phi) is 8.60. The number of hydrogen-bond acceptors (Lipinski definition) is 4. The van der Waals surface area contributed by atoms with Crippen LogP contribution in [0.1, 0.15) is 39.6 Å². The largest absolute Gasteiger partial charge is 0.492 e. The first-order valence-corrected chi connectivity index (χ1v) is 11.2. The minimum absolute atomic E-state index is 0.113. The normalized spacial score (nSPS) is 10.2. The van der Waals surface area contributed by atoms with Crippen LogP contribution in [0.4, 0.5) is 5.69 Å². The molecule has 0 fully saturated rings. The number of halogens is 1. The molecule has 0 aliphatic rings. The molecule has 0 spiro atoms. The van der Waals surface area contributed by atoms with E-state index in [1.165, 1.54) is 5.56 Å². The molecule has 170 valence electrons. The molecule has 0 atom stereocenters. The number of benzene rings is 3. The van der Waals surface area contributed by atoms with Gasteiger partial charge in [0.15, 0.2) is 0 Å². The Bertz CT molecular complexity index is 1120. The van der Waals surface area contributed by atoms with E-state index in [4.69, 9.17) is 4.74 Å². The van der Waals surface area contributed by atoms with Crippen LogP contribution in [0.25, 0.3) is 0 Å². The average molecular weight is 510 g/mol. The SMILES string of the molecule is CCC(=O)Nc1ccc(C(=O)NNC(=O)c2ccc(OCCc3ccccc3)c(Br)c2)cc1. The number of ether oxygens (including phenoxy) is 1. The summed E-state index contributed by atoms with van der Waals surface area (Å²) in [7, 11) is 0. The first-order valence-electron chi connectivity index (χ1n) is 10.4. The zero-order valence-corrected chi connectivity index (χ0v) is 19.6. The molecule has 0 aliphatic carbocycles. The summed E-state index contributed by atoms with van der Waals surface area (Å²) in [5, 5.41) is 2.71. The Balaban J connectivity index is 1.50. The minimum Gasteiger partial charge on any atom is -0.492 e. The van der Waals surface area contributed by atoms with Crippen LogP contribution in [-0.4, -0.2) is 24.3 Å². The van der Waals surface area contributed by atoms with E-state index in [9.17, 15) is 14.4 Å². The van der Waals surface area contributed by atoms with E-state index in [1.807, 2.05) is 30.3 Å². The Hall–Kier alpha value is -3.65. The van der Waals surface area contributed by atoms with Gasteiger partial charge in [0.2, 0.25) is 5.91 Å². The topological polar surface area (TPSA) is 96.5 Å². The van der Waals surface area contributed by atoms with E-state index < -0.39 is 11.8 Å². The van der Waals surface area contributed by atoms with Crippen molar-refractivity contribution in [2.45, 2.75) is 19.8 Å². The molecular weight excluding hydrogens is 486 g/mol. The third kappa shape index (κ3) is 7.18. The molecule has 3 amide bonds. The van der Waals surface area contributed by atoms with Gasteiger partial charge in [0.1, 0.15) is 5.75 Å². The van der Waals surface area contributed by atoms with E-state index in [0.717, 1.165) is 6.42 Å². The van der Waals surface area contributed by atoms with Crippen molar-refractivity contribution in [2.24, 2.45) is 0 Å². The number of anilines is 1. The van der Waals surface area contributed by atoms with Crippen LogP contribution in [0.5, 0.6) is 5.75 Å². The fourth-order valence-electron chi connectivity index (χ4n) is 2.89. The molecule has 33 heavy (non-hydrogen) atoms. The lowest BCUT2D eigenvalue weighted by Crippen LogP contribution is -2.41. The van der Waals surface area contributed by atoms with E-state index in [-0.39, 0.29) is 5.91 Å². The molecule has 3 N–H and O–H groups in total.